The van der Waals surface area contributed by atoms with Gasteiger partial charge in [-0.05, 0) is 37.5 Å². The number of aromatic amines is 1. The van der Waals surface area contributed by atoms with E-state index in [4.69, 9.17) is 14.2 Å². The fourth-order valence-electron chi connectivity index (χ4n) is 4.54. The van der Waals surface area contributed by atoms with Crippen molar-refractivity contribution >= 4 is 27.9 Å². The Morgan fingerprint density at radius 2 is 1.94 bits per heavy atom. The summed E-state index contributed by atoms with van der Waals surface area (Å²) in [7, 11) is 2.80. The van der Waals surface area contributed by atoms with E-state index in [1.54, 1.807) is 6.92 Å². The van der Waals surface area contributed by atoms with Crippen LogP contribution in [0.5, 0.6) is 0 Å². The molecule has 0 spiro atoms. The number of hydrogen-bond donors (Lipinski definition) is 2. The smallest absolute Gasteiger partial charge is 0.407 e. The predicted molar refractivity (Wildman–Crippen MR) is 122 cm³/mol. The van der Waals surface area contributed by atoms with Gasteiger partial charge in [0.15, 0.2) is 0 Å². The molecule has 4 rings (SSSR count). The number of alkyl carbamates (subject to hydrolysis) is 1. The highest BCUT2D eigenvalue weighted by Crippen LogP contribution is 2.41. The summed E-state index contributed by atoms with van der Waals surface area (Å²) in [5.41, 5.74) is 5.41. The van der Waals surface area contributed by atoms with Crippen molar-refractivity contribution in [2.24, 2.45) is 0 Å². The highest BCUT2D eigenvalue weighted by Gasteiger charge is 2.40. The van der Waals surface area contributed by atoms with Gasteiger partial charge < -0.3 is 29.4 Å². The number of nitrogens with zero attached hydrogens (tertiary/aromatic N) is 1. The number of carbonyl (C=O) groups is 2. The third-order valence-corrected chi connectivity index (χ3v) is 6.84. The van der Waals surface area contributed by atoms with Gasteiger partial charge in [-0.25, -0.2) is 4.79 Å². The number of benzene rings is 1. The Bertz CT molecular complexity index is 990. The Kier molecular flexibility index (Phi) is 6.88. The van der Waals surface area contributed by atoms with Crippen LogP contribution in [0.25, 0.3) is 11.3 Å². The first-order chi connectivity index (χ1) is 15.4. The van der Waals surface area contributed by atoms with Crippen molar-refractivity contribution < 1.29 is 23.8 Å². The number of carbonyl (C=O) groups excluding carboxylic acids is 2. The first-order valence-corrected chi connectivity index (χ1v) is 11.5. The molecule has 2 aliphatic rings. The Labute approximate surface area is 195 Å². The molecule has 3 atom stereocenters. The molecule has 2 amide bonds. The number of likely N-dealkylation sites (tertiary alicyclic amines) is 1. The molecule has 0 saturated carbocycles. The van der Waals surface area contributed by atoms with E-state index in [1.807, 2.05) is 17.0 Å². The van der Waals surface area contributed by atoms with Gasteiger partial charge in [0.05, 0.1) is 38.2 Å². The van der Waals surface area contributed by atoms with E-state index >= 15 is 0 Å². The van der Waals surface area contributed by atoms with Crippen molar-refractivity contribution in [1.29, 1.82) is 0 Å². The van der Waals surface area contributed by atoms with E-state index in [9.17, 15) is 9.59 Å². The standard InChI is InChI=1S/C23H28BrN3O5/c1-13(30-2)19(26-23(29)31-3)22(28)27-10-4-5-18(27)21-17-12-32-11-16(17)20(25-21)14-6-8-15(24)9-7-14/h6-9,13,18-19,25H,4-5,10-12H2,1-3H3,(H,26,29). The summed E-state index contributed by atoms with van der Waals surface area (Å²) in [6, 6.07) is 7.20. The maximum absolute atomic E-state index is 13.5. The van der Waals surface area contributed by atoms with Gasteiger partial charge in [0.25, 0.3) is 0 Å². The van der Waals surface area contributed by atoms with Crippen LogP contribution in [0, 0.1) is 0 Å². The molecule has 32 heavy (non-hydrogen) atoms. The number of fused-ring (bicyclic) bond motifs is 1. The number of halogens is 1. The van der Waals surface area contributed by atoms with Gasteiger partial charge in [0.2, 0.25) is 5.91 Å². The van der Waals surface area contributed by atoms with Crippen LogP contribution >= 0.6 is 15.9 Å². The highest BCUT2D eigenvalue weighted by atomic mass is 79.9. The zero-order valence-electron chi connectivity index (χ0n) is 18.4. The van der Waals surface area contributed by atoms with E-state index in [1.165, 1.54) is 14.2 Å². The van der Waals surface area contributed by atoms with Crippen LogP contribution in [0.3, 0.4) is 0 Å². The number of nitrogens with one attached hydrogen (secondary N) is 2. The topological polar surface area (TPSA) is 92.9 Å². The summed E-state index contributed by atoms with van der Waals surface area (Å²) in [5, 5.41) is 2.64. The van der Waals surface area contributed by atoms with Crippen LogP contribution in [0.15, 0.2) is 28.7 Å². The van der Waals surface area contributed by atoms with E-state index < -0.39 is 18.2 Å². The van der Waals surface area contributed by atoms with Gasteiger partial charge in [-0.15, -0.1) is 0 Å². The average Bonchev–Trinajstić information content (AvgIpc) is 3.53. The van der Waals surface area contributed by atoms with Crippen molar-refractivity contribution in [3.63, 3.8) is 0 Å². The Hall–Kier alpha value is -2.36. The molecule has 0 radical (unpaired) electrons. The zero-order chi connectivity index (χ0) is 22.8. The normalized spacial score (nSPS) is 19.5. The quantitative estimate of drug-likeness (QED) is 0.620. The SMILES string of the molecule is COC(=O)NC(C(=O)N1CCCC1c1[nH]c(-c2ccc(Br)cc2)c2c1COC2)C(C)OC. The zero-order valence-corrected chi connectivity index (χ0v) is 20.0. The molecule has 3 heterocycles. The van der Waals surface area contributed by atoms with E-state index in [0.29, 0.717) is 19.8 Å². The second-order valence-electron chi connectivity index (χ2n) is 8.11. The third kappa shape index (κ3) is 4.29. The lowest BCUT2D eigenvalue weighted by molar-refractivity contribution is -0.137. The van der Waals surface area contributed by atoms with Crippen LogP contribution in [0.2, 0.25) is 0 Å². The van der Waals surface area contributed by atoms with Gasteiger partial charge in [-0.3, -0.25) is 4.79 Å². The summed E-state index contributed by atoms with van der Waals surface area (Å²) in [4.78, 5) is 30.8. The molecule has 2 N–H and O–H groups in total. The summed E-state index contributed by atoms with van der Waals surface area (Å²) in [5.74, 6) is -0.181. The Morgan fingerprint density at radius 3 is 2.62 bits per heavy atom. The molecular weight excluding hydrogens is 478 g/mol. The van der Waals surface area contributed by atoms with Crippen molar-refractivity contribution in [1.82, 2.24) is 15.2 Å². The van der Waals surface area contributed by atoms with Gasteiger partial charge in [0, 0.05) is 34.9 Å². The second-order valence-corrected chi connectivity index (χ2v) is 9.03. The summed E-state index contributed by atoms with van der Waals surface area (Å²) in [6.07, 6.45) is 0.559. The lowest BCUT2D eigenvalue weighted by Crippen LogP contribution is -2.54. The minimum atomic E-state index is -0.835. The monoisotopic (exact) mass is 505 g/mol. The number of methoxy groups -OCH3 is 2. The number of rotatable bonds is 6. The fraction of sp³-hybridized carbons (Fsp3) is 0.478. The average molecular weight is 506 g/mol. The number of H-pyrrole nitrogens is 1. The number of ether oxygens (including phenoxy) is 3. The van der Waals surface area contributed by atoms with Crippen LogP contribution in [0.1, 0.15) is 42.6 Å². The molecule has 9 heteroatoms. The molecular formula is C23H28BrN3O5. The molecule has 1 saturated heterocycles. The van der Waals surface area contributed by atoms with Crippen LogP contribution < -0.4 is 5.32 Å². The molecule has 0 bridgehead atoms. The van der Waals surface area contributed by atoms with E-state index in [2.05, 4.69) is 38.4 Å². The lowest BCUT2D eigenvalue weighted by Gasteiger charge is -2.31. The number of amides is 2. The molecule has 1 aromatic heterocycles. The van der Waals surface area contributed by atoms with Crippen LogP contribution in [-0.2, 0) is 32.2 Å². The Balaban J connectivity index is 1.66. The van der Waals surface area contributed by atoms with Gasteiger partial charge in [-0.2, -0.15) is 0 Å². The maximum Gasteiger partial charge on any atom is 0.407 e. The lowest BCUT2D eigenvalue weighted by atomic mass is 10.0. The molecule has 1 fully saturated rings. The van der Waals surface area contributed by atoms with Crippen LogP contribution in [0.4, 0.5) is 4.79 Å². The Morgan fingerprint density at radius 1 is 1.22 bits per heavy atom. The highest BCUT2D eigenvalue weighted by molar-refractivity contribution is 9.10. The maximum atomic E-state index is 13.5. The van der Waals surface area contributed by atoms with Crippen molar-refractivity contribution in [2.75, 3.05) is 20.8 Å². The first-order valence-electron chi connectivity index (χ1n) is 10.7. The molecule has 3 unspecified atom stereocenters. The van der Waals surface area contributed by atoms with Crippen molar-refractivity contribution in [2.45, 2.75) is 51.2 Å². The van der Waals surface area contributed by atoms with E-state index in [-0.39, 0.29) is 11.9 Å². The van der Waals surface area contributed by atoms with Crippen LogP contribution in [-0.4, -0.2) is 54.8 Å². The minimum absolute atomic E-state index is 0.117. The number of aromatic nitrogens is 1. The largest absolute Gasteiger partial charge is 0.453 e. The predicted octanol–water partition coefficient (Wildman–Crippen LogP) is 3.90. The number of hydrogen-bond acceptors (Lipinski definition) is 5. The summed E-state index contributed by atoms with van der Waals surface area (Å²) in [6.45, 7) is 3.44. The minimum Gasteiger partial charge on any atom is -0.453 e. The molecule has 2 aromatic rings. The molecule has 2 aliphatic heterocycles. The van der Waals surface area contributed by atoms with Gasteiger partial charge in [-0.1, -0.05) is 28.1 Å². The third-order valence-electron chi connectivity index (χ3n) is 6.31. The summed E-state index contributed by atoms with van der Waals surface area (Å²) >= 11 is 3.49. The first kappa shape index (κ1) is 22.8. The van der Waals surface area contributed by atoms with Gasteiger partial charge in [0.1, 0.15) is 6.04 Å². The molecule has 8 nitrogen and oxygen atoms in total. The summed E-state index contributed by atoms with van der Waals surface area (Å²) < 4.78 is 16.9. The molecule has 172 valence electrons. The second kappa shape index (κ2) is 9.64. The fourth-order valence-corrected chi connectivity index (χ4v) is 4.80. The van der Waals surface area contributed by atoms with E-state index in [0.717, 1.165) is 45.4 Å². The van der Waals surface area contributed by atoms with Crippen molar-refractivity contribution in [3.8, 4) is 11.3 Å². The van der Waals surface area contributed by atoms with Crippen molar-refractivity contribution in [3.05, 3.63) is 45.6 Å². The molecule has 1 aromatic carbocycles. The van der Waals surface area contributed by atoms with Gasteiger partial charge >= 0.3 is 6.09 Å². The molecule has 0 aliphatic carbocycles.